The van der Waals surface area contributed by atoms with Crippen LogP contribution in [0.15, 0.2) is 41.4 Å². The second-order valence-corrected chi connectivity index (χ2v) is 13.6. The van der Waals surface area contributed by atoms with Crippen LogP contribution in [0, 0.1) is 23.1 Å². The van der Waals surface area contributed by atoms with Gasteiger partial charge in [-0.25, -0.2) is 9.37 Å². The molecule has 0 radical (unpaired) electrons. The number of carbonyl (C=O) groups excluding carboxylic acids is 1. The Morgan fingerprint density at radius 1 is 1.19 bits per heavy atom. The van der Waals surface area contributed by atoms with E-state index in [-0.39, 0.29) is 68.2 Å². The van der Waals surface area contributed by atoms with Gasteiger partial charge in [-0.15, -0.1) is 0 Å². The van der Waals surface area contributed by atoms with E-state index in [1.165, 1.54) is 10.6 Å². The second kappa shape index (κ2) is 13.0. The molecule has 0 bridgehead atoms. The molecule has 246 valence electrons. The molecule has 4 heterocycles. The predicted molar refractivity (Wildman–Crippen MR) is 189 cm³/mol. The van der Waals surface area contributed by atoms with E-state index in [1.807, 2.05) is 51.8 Å². The summed E-state index contributed by atoms with van der Waals surface area (Å²) >= 11 is 25.8. The number of allylic oxidation sites excluding steroid dienone is 2. The average molecular weight is 719 g/mol. The van der Waals surface area contributed by atoms with Crippen molar-refractivity contribution < 1.29 is 9.18 Å². The summed E-state index contributed by atoms with van der Waals surface area (Å²) in [5.41, 5.74) is 7.13. The number of benzene rings is 1. The summed E-state index contributed by atoms with van der Waals surface area (Å²) in [4.78, 5) is 35.8. The van der Waals surface area contributed by atoms with Crippen molar-refractivity contribution in [3.05, 3.63) is 78.4 Å². The molecule has 1 saturated heterocycles. The fourth-order valence-electron chi connectivity index (χ4n) is 6.53. The lowest BCUT2D eigenvalue weighted by Gasteiger charge is -2.45. The topological polar surface area (TPSA) is 120 Å². The third-order valence-corrected chi connectivity index (χ3v) is 10.1. The van der Waals surface area contributed by atoms with Crippen LogP contribution in [0.25, 0.3) is 28.0 Å². The number of pyridine rings is 2. The van der Waals surface area contributed by atoms with Gasteiger partial charge in [0.05, 0.1) is 43.9 Å². The number of nitrogens with two attached hydrogens (primary N) is 1. The molecule has 0 saturated carbocycles. The highest BCUT2D eigenvalue weighted by Crippen LogP contribution is 2.47. The van der Waals surface area contributed by atoms with E-state index in [9.17, 15) is 19.2 Å². The molecular weight excluding hydrogens is 687 g/mol. The molecule has 3 N–H and O–H groups in total. The van der Waals surface area contributed by atoms with Crippen LogP contribution in [0.5, 0.6) is 0 Å². The van der Waals surface area contributed by atoms with E-state index >= 15 is 0 Å². The fraction of sp³-hybridized carbons (Fsp3) is 0.333. The number of hydrogen-bond acceptors (Lipinski definition) is 7. The van der Waals surface area contributed by atoms with Crippen molar-refractivity contribution in [2.75, 3.05) is 23.7 Å². The first kappa shape index (κ1) is 34.6. The van der Waals surface area contributed by atoms with Crippen LogP contribution in [0.4, 0.5) is 15.8 Å². The Balaban J connectivity index is 1.92. The van der Waals surface area contributed by atoms with Gasteiger partial charge in [-0.2, -0.15) is 5.26 Å². The Morgan fingerprint density at radius 2 is 1.83 bits per heavy atom. The maximum atomic E-state index is 14.7. The first-order chi connectivity index (χ1) is 22.2. The van der Waals surface area contributed by atoms with Gasteiger partial charge < -0.3 is 20.9 Å². The molecule has 2 aliphatic rings. The van der Waals surface area contributed by atoms with Crippen LogP contribution in [0.3, 0.4) is 0 Å². The number of carbonyl (C=O) groups is 1. The number of hydrogen-bond donors (Lipinski definition) is 2. The predicted octanol–water partition coefficient (Wildman–Crippen LogP) is 7.25. The lowest BCUT2D eigenvalue weighted by molar-refractivity contribution is -0.130. The lowest BCUT2D eigenvalue weighted by Crippen LogP contribution is -2.58. The maximum Gasteiger partial charge on any atom is 0.276 e. The van der Waals surface area contributed by atoms with Crippen LogP contribution in [-0.2, 0) is 4.79 Å². The summed E-state index contributed by atoms with van der Waals surface area (Å²) in [6.07, 6.45) is 4.91. The van der Waals surface area contributed by atoms with Crippen LogP contribution in [-0.4, -0.2) is 51.6 Å². The maximum absolute atomic E-state index is 14.7. The monoisotopic (exact) mass is 717 g/mol. The molecule has 1 amide bonds. The van der Waals surface area contributed by atoms with Gasteiger partial charge in [0.2, 0.25) is 5.91 Å². The van der Waals surface area contributed by atoms with Gasteiger partial charge in [0.1, 0.15) is 22.3 Å². The van der Waals surface area contributed by atoms with Crippen molar-refractivity contribution in [3.63, 3.8) is 0 Å². The van der Waals surface area contributed by atoms with Crippen molar-refractivity contribution in [1.29, 1.82) is 5.26 Å². The Morgan fingerprint density at radius 3 is 2.40 bits per heavy atom. The van der Waals surface area contributed by atoms with Crippen molar-refractivity contribution in [2.24, 2.45) is 5.92 Å². The largest absolute Gasteiger partial charge is 0.397 e. The second-order valence-electron chi connectivity index (χ2n) is 12.1. The number of anilines is 2. The van der Waals surface area contributed by atoms with Crippen molar-refractivity contribution >= 4 is 80.4 Å². The smallest absolute Gasteiger partial charge is 0.276 e. The lowest BCUT2D eigenvalue weighted by atomic mass is 9.94. The third kappa shape index (κ3) is 5.63. The van der Waals surface area contributed by atoms with E-state index < -0.39 is 21.4 Å². The molecule has 1 fully saturated rings. The summed E-state index contributed by atoms with van der Waals surface area (Å²) in [7, 11) is 0. The molecule has 9 nitrogen and oxygen atoms in total. The average Bonchev–Trinajstić information content (AvgIpc) is 3.02. The molecule has 5 rings (SSSR count). The molecule has 0 spiro atoms. The van der Waals surface area contributed by atoms with E-state index in [0.717, 1.165) is 5.57 Å². The number of nitriles is 1. The molecule has 3 aromatic rings. The number of piperazine rings is 1. The SMILES string of the molecule is C=CC(=O)N1[C@H](C)CN(c2c(C#N)c(=O)n(C3=C(C)C=CN[C@@H]3C(C)C)c3nc(-c4c(N)c(Cl)c(F)c(Cl)c4Cl)c(Cl)cc23)C[C@@H]1C. The molecule has 2 aliphatic heterocycles. The first-order valence-electron chi connectivity index (χ1n) is 14.8. The highest BCUT2D eigenvalue weighted by atomic mass is 35.5. The van der Waals surface area contributed by atoms with Crippen LogP contribution in [0.1, 0.15) is 40.2 Å². The minimum atomic E-state index is -0.993. The number of nitrogen functional groups attached to an aromatic ring is 1. The summed E-state index contributed by atoms with van der Waals surface area (Å²) in [6.45, 7) is 13.9. The number of rotatable bonds is 5. The van der Waals surface area contributed by atoms with E-state index in [1.54, 1.807) is 11.0 Å². The Labute approximate surface area is 291 Å². The quantitative estimate of drug-likeness (QED) is 0.123. The number of fused-ring (bicyclic) bond motifs is 1. The van der Waals surface area contributed by atoms with E-state index in [4.69, 9.17) is 57.1 Å². The summed E-state index contributed by atoms with van der Waals surface area (Å²) in [5.74, 6) is -1.20. The van der Waals surface area contributed by atoms with Crippen LogP contribution in [0.2, 0.25) is 20.1 Å². The van der Waals surface area contributed by atoms with Gasteiger partial charge in [-0.1, -0.05) is 66.8 Å². The van der Waals surface area contributed by atoms with Crippen molar-refractivity contribution in [3.8, 4) is 17.3 Å². The molecule has 47 heavy (non-hydrogen) atoms. The van der Waals surface area contributed by atoms with Gasteiger partial charge in [0.25, 0.3) is 5.56 Å². The van der Waals surface area contributed by atoms with E-state index in [0.29, 0.717) is 29.9 Å². The highest BCUT2D eigenvalue weighted by Gasteiger charge is 2.36. The molecular formula is C33H32Cl4FN7O2. The highest BCUT2D eigenvalue weighted by molar-refractivity contribution is 6.47. The molecule has 3 atom stereocenters. The van der Waals surface area contributed by atoms with Crippen LogP contribution >= 0.6 is 46.4 Å². The molecule has 2 aromatic heterocycles. The Kier molecular flexibility index (Phi) is 9.59. The minimum absolute atomic E-state index is 0.00792. The Hall–Kier alpha value is -3.75. The molecule has 14 heteroatoms. The van der Waals surface area contributed by atoms with Gasteiger partial charge in [-0.3, -0.25) is 14.2 Å². The van der Waals surface area contributed by atoms with Crippen molar-refractivity contribution in [1.82, 2.24) is 19.8 Å². The number of aromatic nitrogens is 2. The van der Waals surface area contributed by atoms with Gasteiger partial charge >= 0.3 is 0 Å². The summed E-state index contributed by atoms with van der Waals surface area (Å²) in [6, 6.07) is 2.81. The van der Waals surface area contributed by atoms with Gasteiger partial charge in [-0.05, 0) is 56.7 Å². The third-order valence-electron chi connectivity index (χ3n) is 8.61. The zero-order valence-corrected chi connectivity index (χ0v) is 29.3. The van der Waals surface area contributed by atoms with Crippen molar-refractivity contribution in [2.45, 2.75) is 52.7 Å². The number of nitrogens with zero attached hydrogens (tertiary/aromatic N) is 5. The van der Waals surface area contributed by atoms with Crippen LogP contribution < -0.4 is 21.5 Å². The molecule has 0 unspecified atom stereocenters. The number of nitrogens with one attached hydrogen (secondary N) is 1. The number of halogens is 5. The Bertz CT molecular complexity index is 1980. The fourth-order valence-corrected chi connectivity index (χ4v) is 7.48. The number of dihydropyridines is 1. The summed E-state index contributed by atoms with van der Waals surface area (Å²) in [5, 5.41) is 13.1. The van der Waals surface area contributed by atoms with Gasteiger partial charge in [0.15, 0.2) is 5.82 Å². The zero-order chi connectivity index (χ0) is 34.6. The standard InChI is InChI=1S/C33H32Cl4FN7O2/c1-7-21(46)44-16(5)12-43(13-17(44)6)31-18-10-20(34)29(22-23(35)24(36)26(38)25(37)27(22)40)42-32(18)45(33(47)19(31)11-39)30-15(4)8-9-41-28(30)14(2)3/h7-10,14,16-17,28,41H,1,12-13,40H2,2-6H3/t16-,17+,28-/m1/s1. The normalized spacial score (nSPS) is 19.7. The molecule has 0 aliphatic carbocycles. The van der Waals surface area contributed by atoms with E-state index in [2.05, 4.69) is 18.0 Å². The zero-order valence-electron chi connectivity index (χ0n) is 26.3. The summed E-state index contributed by atoms with van der Waals surface area (Å²) < 4.78 is 16.1. The van der Waals surface area contributed by atoms with Gasteiger partial charge in [0, 0.05) is 36.1 Å². The minimum Gasteiger partial charge on any atom is -0.397 e. The first-order valence-corrected chi connectivity index (χ1v) is 16.3. The number of amides is 1. The molecule has 1 aromatic carbocycles.